The fourth-order valence-corrected chi connectivity index (χ4v) is 4.52. The fourth-order valence-electron chi connectivity index (χ4n) is 3.82. The number of amides is 1. The zero-order valence-corrected chi connectivity index (χ0v) is 15.6. The lowest BCUT2D eigenvalue weighted by atomic mass is 10.1. The Morgan fingerprint density at radius 3 is 2.76 bits per heavy atom. The summed E-state index contributed by atoms with van der Waals surface area (Å²) in [6, 6.07) is 14.7. The summed E-state index contributed by atoms with van der Waals surface area (Å²) in [5.74, 6) is 0.114. The van der Waals surface area contributed by atoms with Gasteiger partial charge in [0, 0.05) is 28.0 Å². The number of anilines is 1. The highest BCUT2D eigenvalue weighted by atomic mass is 32.1. The molecular weight excluding hydrogens is 328 g/mol. The van der Waals surface area contributed by atoms with E-state index in [9.17, 15) is 4.79 Å². The number of carbonyl (C=O) groups excluding carboxylic acids is 1. The number of carbonyl (C=O) groups is 1. The maximum Gasteiger partial charge on any atom is 0.260 e. The molecule has 0 bridgehead atoms. The predicted molar refractivity (Wildman–Crippen MR) is 104 cm³/mol. The van der Waals surface area contributed by atoms with E-state index in [0.29, 0.717) is 0 Å². The summed E-state index contributed by atoms with van der Waals surface area (Å²) in [5.41, 5.74) is 5.32. The SMILES string of the molecule is Cc1cc(C(=O)N2c3ccccc3C[C@H]2C)c(C)n1Cc1cccs1. The van der Waals surface area contributed by atoms with Crippen LogP contribution in [0.15, 0.2) is 47.8 Å². The third-order valence-corrected chi connectivity index (χ3v) is 5.99. The van der Waals surface area contributed by atoms with Crippen molar-refractivity contribution >= 4 is 22.9 Å². The quantitative estimate of drug-likeness (QED) is 0.666. The average molecular weight is 350 g/mol. The Morgan fingerprint density at radius 1 is 1.20 bits per heavy atom. The van der Waals surface area contributed by atoms with Gasteiger partial charge in [0.2, 0.25) is 0 Å². The van der Waals surface area contributed by atoms with Crippen LogP contribution in [0.4, 0.5) is 5.69 Å². The molecule has 0 radical (unpaired) electrons. The van der Waals surface area contributed by atoms with Crippen LogP contribution in [0.3, 0.4) is 0 Å². The summed E-state index contributed by atoms with van der Waals surface area (Å²) in [6.07, 6.45) is 0.926. The van der Waals surface area contributed by atoms with Crippen LogP contribution in [-0.4, -0.2) is 16.5 Å². The van der Waals surface area contributed by atoms with Crippen molar-refractivity contribution in [2.45, 2.75) is 39.8 Å². The van der Waals surface area contributed by atoms with Gasteiger partial charge in [-0.25, -0.2) is 0 Å². The van der Waals surface area contributed by atoms with Crippen LogP contribution in [-0.2, 0) is 13.0 Å². The Kier molecular flexibility index (Phi) is 4.00. The maximum absolute atomic E-state index is 13.3. The molecule has 1 amide bonds. The number of hydrogen-bond donors (Lipinski definition) is 0. The molecule has 0 spiro atoms. The molecule has 1 aliphatic heterocycles. The average Bonchev–Trinajstić information content (AvgIpc) is 3.28. The first-order valence-electron chi connectivity index (χ1n) is 8.67. The van der Waals surface area contributed by atoms with Gasteiger partial charge in [0.15, 0.2) is 0 Å². The Balaban J connectivity index is 1.70. The molecule has 0 fully saturated rings. The van der Waals surface area contributed by atoms with E-state index >= 15 is 0 Å². The molecule has 3 aromatic rings. The van der Waals surface area contributed by atoms with Crippen molar-refractivity contribution in [3.63, 3.8) is 0 Å². The van der Waals surface area contributed by atoms with Gasteiger partial charge in [-0.15, -0.1) is 11.3 Å². The van der Waals surface area contributed by atoms with Crippen LogP contribution in [0.1, 0.15) is 39.1 Å². The zero-order chi connectivity index (χ0) is 17.6. The number of hydrogen-bond acceptors (Lipinski definition) is 2. The number of thiophene rings is 1. The molecule has 1 atom stereocenters. The molecule has 0 saturated carbocycles. The first-order chi connectivity index (χ1) is 12.1. The minimum absolute atomic E-state index is 0.114. The topological polar surface area (TPSA) is 25.2 Å². The number of nitrogens with zero attached hydrogens (tertiary/aromatic N) is 2. The molecule has 0 N–H and O–H groups in total. The van der Waals surface area contributed by atoms with Crippen molar-refractivity contribution in [2.24, 2.45) is 0 Å². The summed E-state index contributed by atoms with van der Waals surface area (Å²) in [4.78, 5) is 16.6. The maximum atomic E-state index is 13.3. The molecule has 3 heterocycles. The molecule has 3 nitrogen and oxygen atoms in total. The summed E-state index contributed by atoms with van der Waals surface area (Å²) in [7, 11) is 0. The Bertz CT molecular complexity index is 924. The molecule has 1 aromatic carbocycles. The van der Waals surface area contributed by atoms with Crippen molar-refractivity contribution in [3.05, 3.63) is 75.2 Å². The van der Waals surface area contributed by atoms with Gasteiger partial charge < -0.3 is 9.47 Å². The monoisotopic (exact) mass is 350 g/mol. The first kappa shape index (κ1) is 16.2. The van der Waals surface area contributed by atoms with Crippen LogP contribution >= 0.6 is 11.3 Å². The molecule has 25 heavy (non-hydrogen) atoms. The first-order valence-corrected chi connectivity index (χ1v) is 9.55. The van der Waals surface area contributed by atoms with Gasteiger partial charge in [-0.3, -0.25) is 4.79 Å². The van der Waals surface area contributed by atoms with Crippen LogP contribution in [0.25, 0.3) is 0 Å². The van der Waals surface area contributed by atoms with Crippen molar-refractivity contribution in [3.8, 4) is 0 Å². The van der Waals surface area contributed by atoms with Gasteiger partial charge in [-0.1, -0.05) is 24.3 Å². The largest absolute Gasteiger partial charge is 0.343 e. The second-order valence-corrected chi connectivity index (χ2v) is 7.84. The van der Waals surface area contributed by atoms with Gasteiger partial charge >= 0.3 is 0 Å². The van der Waals surface area contributed by atoms with Gasteiger partial charge in [-0.05, 0) is 56.3 Å². The minimum Gasteiger partial charge on any atom is -0.343 e. The molecule has 0 aliphatic carbocycles. The lowest BCUT2D eigenvalue weighted by Gasteiger charge is -2.23. The van der Waals surface area contributed by atoms with E-state index in [1.807, 2.05) is 23.1 Å². The van der Waals surface area contributed by atoms with Crippen molar-refractivity contribution < 1.29 is 4.79 Å². The third-order valence-electron chi connectivity index (χ3n) is 5.12. The highest BCUT2D eigenvalue weighted by molar-refractivity contribution is 7.09. The molecule has 2 aromatic heterocycles. The van der Waals surface area contributed by atoms with Gasteiger partial charge in [-0.2, -0.15) is 0 Å². The van der Waals surface area contributed by atoms with Crippen molar-refractivity contribution in [1.29, 1.82) is 0 Å². The van der Waals surface area contributed by atoms with Crippen LogP contribution < -0.4 is 4.90 Å². The van der Waals surface area contributed by atoms with E-state index in [0.717, 1.165) is 35.6 Å². The minimum atomic E-state index is 0.114. The Labute approximate surface area is 152 Å². The van der Waals surface area contributed by atoms with Gasteiger partial charge in [0.1, 0.15) is 0 Å². The summed E-state index contributed by atoms with van der Waals surface area (Å²) in [5, 5.41) is 2.10. The van der Waals surface area contributed by atoms with E-state index in [2.05, 4.69) is 55.0 Å². The number of aromatic nitrogens is 1. The predicted octanol–water partition coefficient (Wildman–Crippen LogP) is 4.81. The number of benzene rings is 1. The van der Waals surface area contributed by atoms with Gasteiger partial charge in [0.25, 0.3) is 5.91 Å². The highest BCUT2D eigenvalue weighted by Crippen LogP contribution is 2.34. The van der Waals surface area contributed by atoms with Crippen LogP contribution in [0.2, 0.25) is 0 Å². The highest BCUT2D eigenvalue weighted by Gasteiger charge is 2.32. The number of fused-ring (bicyclic) bond motifs is 1. The zero-order valence-electron chi connectivity index (χ0n) is 14.8. The molecule has 4 rings (SSSR count). The lowest BCUT2D eigenvalue weighted by molar-refractivity contribution is 0.0981. The Morgan fingerprint density at radius 2 is 2.00 bits per heavy atom. The van der Waals surface area contributed by atoms with E-state index < -0.39 is 0 Å². The van der Waals surface area contributed by atoms with E-state index in [1.165, 1.54) is 10.4 Å². The van der Waals surface area contributed by atoms with E-state index in [-0.39, 0.29) is 11.9 Å². The summed E-state index contributed by atoms with van der Waals surface area (Å²) in [6.45, 7) is 7.09. The third kappa shape index (κ3) is 2.71. The second-order valence-electron chi connectivity index (χ2n) is 6.81. The Hall–Kier alpha value is -2.33. The number of rotatable bonds is 3. The molecule has 1 aliphatic rings. The standard InChI is InChI=1S/C21H22N2OS/c1-14-12-19(16(3)22(14)13-18-8-6-10-25-18)21(24)23-15(2)11-17-7-4-5-9-20(17)23/h4-10,12,15H,11,13H2,1-3H3/t15-/m1/s1. The molecule has 0 saturated heterocycles. The second kappa shape index (κ2) is 6.19. The molecule has 4 heteroatoms. The summed E-state index contributed by atoms with van der Waals surface area (Å²) >= 11 is 1.75. The normalized spacial score (nSPS) is 16.3. The summed E-state index contributed by atoms with van der Waals surface area (Å²) < 4.78 is 2.24. The van der Waals surface area contributed by atoms with Crippen molar-refractivity contribution in [2.75, 3.05) is 4.90 Å². The lowest BCUT2D eigenvalue weighted by Crippen LogP contribution is -2.36. The van der Waals surface area contributed by atoms with Crippen LogP contribution in [0.5, 0.6) is 0 Å². The van der Waals surface area contributed by atoms with E-state index in [4.69, 9.17) is 0 Å². The molecular formula is C21H22N2OS. The van der Waals surface area contributed by atoms with E-state index in [1.54, 1.807) is 11.3 Å². The number of aryl methyl sites for hydroxylation is 1. The number of para-hydroxylation sites is 1. The van der Waals surface area contributed by atoms with Crippen molar-refractivity contribution in [1.82, 2.24) is 4.57 Å². The molecule has 0 unspecified atom stereocenters. The van der Waals surface area contributed by atoms with Crippen LogP contribution in [0, 0.1) is 13.8 Å². The smallest absolute Gasteiger partial charge is 0.260 e. The van der Waals surface area contributed by atoms with Gasteiger partial charge in [0.05, 0.1) is 12.1 Å². The fraction of sp³-hybridized carbons (Fsp3) is 0.286. The molecule has 128 valence electrons.